The van der Waals surface area contributed by atoms with Crippen LogP contribution in [0.25, 0.3) is 0 Å². The summed E-state index contributed by atoms with van der Waals surface area (Å²) in [6, 6.07) is 22.1. The molecular weight excluding hydrogens is 680 g/mol. The molecule has 0 radical (unpaired) electrons. The molecule has 0 heterocycles. The zero-order chi connectivity index (χ0) is 36.8. The number of ether oxygens (including phenoxy) is 2. The molecule has 11 nitrogen and oxygen atoms in total. The van der Waals surface area contributed by atoms with E-state index in [9.17, 15) is 23.5 Å². The van der Waals surface area contributed by atoms with E-state index in [2.05, 4.69) is 5.32 Å². The molecule has 0 fully saturated rings. The molecule has 13 heteroatoms. The van der Waals surface area contributed by atoms with Crippen LogP contribution in [-0.2, 0) is 60.3 Å². The molecule has 0 spiro atoms. The van der Waals surface area contributed by atoms with E-state index in [1.54, 1.807) is 47.6 Å². The van der Waals surface area contributed by atoms with Gasteiger partial charge in [-0.3, -0.25) is 18.7 Å². The number of carbonyl (C=O) groups is 3. The highest BCUT2D eigenvalue weighted by Crippen LogP contribution is 2.63. The summed E-state index contributed by atoms with van der Waals surface area (Å²) in [7, 11) is -7.68. The van der Waals surface area contributed by atoms with Gasteiger partial charge >= 0.3 is 19.5 Å². The van der Waals surface area contributed by atoms with Crippen LogP contribution in [0.2, 0.25) is 0 Å². The van der Waals surface area contributed by atoms with Crippen LogP contribution in [0, 0.1) is 0 Å². The predicted octanol–water partition coefficient (Wildman–Crippen LogP) is 7.30. The molecule has 0 aliphatic rings. The molecular formula is C37H49NO10P2. The van der Waals surface area contributed by atoms with E-state index in [4.69, 9.17) is 23.0 Å². The van der Waals surface area contributed by atoms with Gasteiger partial charge in [-0.1, -0.05) is 81.4 Å². The molecule has 0 aliphatic carbocycles. The van der Waals surface area contributed by atoms with Gasteiger partial charge in [-0.05, 0) is 50.1 Å². The first kappa shape index (κ1) is 40.8. The third kappa shape index (κ3) is 12.0. The minimum absolute atomic E-state index is 0.0463. The zero-order valence-electron chi connectivity index (χ0n) is 29.7. The van der Waals surface area contributed by atoms with E-state index in [-0.39, 0.29) is 56.7 Å². The summed E-state index contributed by atoms with van der Waals surface area (Å²) in [6.45, 7) is 10.4. The Morgan fingerprint density at radius 3 is 1.92 bits per heavy atom. The maximum Gasteiger partial charge on any atom is 0.340 e. The van der Waals surface area contributed by atoms with Crippen LogP contribution in [0.1, 0.15) is 71.1 Å². The van der Waals surface area contributed by atoms with Gasteiger partial charge < -0.3 is 28.4 Å². The average Bonchev–Trinajstić information content (AvgIpc) is 3.07. The van der Waals surface area contributed by atoms with E-state index >= 15 is 0 Å². The smallest absolute Gasteiger partial charge is 0.340 e. The van der Waals surface area contributed by atoms with Gasteiger partial charge in [-0.2, -0.15) is 0 Å². The van der Waals surface area contributed by atoms with Crippen molar-refractivity contribution in [3.63, 3.8) is 0 Å². The van der Waals surface area contributed by atoms with E-state index < -0.39 is 50.2 Å². The Hall–Kier alpha value is -3.59. The molecule has 3 aromatic rings. The van der Waals surface area contributed by atoms with Gasteiger partial charge in [-0.15, -0.1) is 0 Å². The van der Waals surface area contributed by atoms with E-state index in [1.807, 2.05) is 60.7 Å². The van der Waals surface area contributed by atoms with Gasteiger partial charge in [0.05, 0.1) is 19.8 Å². The minimum Gasteiger partial charge on any atom is -0.459 e. The maximum atomic E-state index is 14.4. The molecule has 0 aromatic heterocycles. The first-order valence-electron chi connectivity index (χ1n) is 16.8. The van der Waals surface area contributed by atoms with Gasteiger partial charge in [0.2, 0.25) is 13.3 Å². The summed E-state index contributed by atoms with van der Waals surface area (Å²) in [4.78, 5) is 39.5. The SMILES string of the molecule is CCOP(=O)(CP(=O)(OCC)c1ccc(OC(=O)CC)c(C(C)(C)CC(=O)N[C@@H](Cc2ccccc2)C(=O)OCc2ccccc2)c1)OCC. The third-order valence-electron chi connectivity index (χ3n) is 7.68. The van der Waals surface area contributed by atoms with Crippen molar-refractivity contribution in [1.29, 1.82) is 0 Å². The lowest BCUT2D eigenvalue weighted by Crippen LogP contribution is -2.45. The standard InChI is InChI=1S/C37H49NO10P2/c1-7-35(40)48-33-22-21-30(49(42,45-8-2)27-50(43,46-9-3)47-10-4)24-31(33)37(5,6)25-34(39)38-32(23-28-17-13-11-14-18-28)36(41)44-26-29-19-15-12-16-20-29/h11-22,24,32H,7-10,23,25-27H2,1-6H3,(H,38,39)/t32-,49?/m0/s1. The fraction of sp³-hybridized carbons (Fsp3) is 0.432. The van der Waals surface area contributed by atoms with Crippen molar-refractivity contribution >= 4 is 38.1 Å². The highest BCUT2D eigenvalue weighted by Gasteiger charge is 2.40. The predicted molar refractivity (Wildman–Crippen MR) is 193 cm³/mol. The number of hydrogen-bond acceptors (Lipinski definition) is 10. The average molecular weight is 730 g/mol. The summed E-state index contributed by atoms with van der Waals surface area (Å²) in [5.41, 5.74) is 0.998. The molecule has 3 rings (SSSR count). The largest absolute Gasteiger partial charge is 0.459 e. The molecule has 272 valence electrons. The van der Waals surface area contributed by atoms with Crippen molar-refractivity contribution in [1.82, 2.24) is 5.32 Å². The quantitative estimate of drug-likeness (QED) is 0.0715. The second-order valence-corrected chi connectivity index (χ2v) is 17.1. The van der Waals surface area contributed by atoms with Crippen LogP contribution >= 0.6 is 15.0 Å². The molecule has 1 amide bonds. The summed E-state index contributed by atoms with van der Waals surface area (Å²) in [6.07, 6.45) is 0.143. The normalized spacial score (nSPS) is 13.6. The fourth-order valence-corrected chi connectivity index (χ4v) is 10.8. The first-order valence-corrected chi connectivity index (χ1v) is 20.3. The highest BCUT2D eigenvalue weighted by molar-refractivity contribution is 7.78. The fourth-order valence-electron chi connectivity index (χ4n) is 5.30. The first-order chi connectivity index (χ1) is 23.8. The van der Waals surface area contributed by atoms with Crippen molar-refractivity contribution in [2.24, 2.45) is 0 Å². The Balaban J connectivity index is 1.96. The molecule has 1 N–H and O–H groups in total. The van der Waals surface area contributed by atoms with Crippen LogP contribution in [0.3, 0.4) is 0 Å². The molecule has 0 saturated heterocycles. The Morgan fingerprint density at radius 1 is 0.780 bits per heavy atom. The minimum atomic E-state index is -3.87. The molecule has 3 aromatic carbocycles. The van der Waals surface area contributed by atoms with Crippen LogP contribution in [0.5, 0.6) is 5.75 Å². The van der Waals surface area contributed by atoms with Crippen molar-refractivity contribution in [3.05, 3.63) is 95.6 Å². The number of esters is 2. The maximum absolute atomic E-state index is 14.4. The molecule has 2 atom stereocenters. The van der Waals surface area contributed by atoms with Gasteiger partial charge in [0.1, 0.15) is 24.3 Å². The van der Waals surface area contributed by atoms with E-state index in [1.165, 1.54) is 12.1 Å². The summed E-state index contributed by atoms with van der Waals surface area (Å²) >= 11 is 0. The van der Waals surface area contributed by atoms with Crippen LogP contribution in [0.4, 0.5) is 0 Å². The number of carbonyl (C=O) groups excluding carboxylic acids is 3. The number of benzene rings is 3. The Kier molecular flexibility index (Phi) is 15.6. The summed E-state index contributed by atoms with van der Waals surface area (Å²) in [5, 5.41) is 3.05. The molecule has 50 heavy (non-hydrogen) atoms. The van der Waals surface area contributed by atoms with E-state index in [0.29, 0.717) is 5.56 Å². The van der Waals surface area contributed by atoms with E-state index in [0.717, 1.165) is 11.1 Å². The molecule has 0 aliphatic heterocycles. The lowest BCUT2D eigenvalue weighted by Gasteiger charge is -2.30. The van der Waals surface area contributed by atoms with Crippen LogP contribution in [-0.4, -0.2) is 49.6 Å². The zero-order valence-corrected chi connectivity index (χ0v) is 31.5. The monoisotopic (exact) mass is 729 g/mol. The van der Waals surface area contributed by atoms with Crippen molar-refractivity contribution < 1.29 is 46.6 Å². The lowest BCUT2D eigenvalue weighted by atomic mass is 9.80. The van der Waals surface area contributed by atoms with Crippen LogP contribution in [0.15, 0.2) is 78.9 Å². The van der Waals surface area contributed by atoms with Gasteiger partial charge in [-0.25, -0.2) is 4.79 Å². The topological polar surface area (TPSA) is 144 Å². The Morgan fingerprint density at radius 2 is 1.36 bits per heavy atom. The number of rotatable bonds is 20. The third-order valence-corrected chi connectivity index (χ3v) is 13.6. The van der Waals surface area contributed by atoms with Crippen molar-refractivity contribution in [2.45, 2.75) is 78.9 Å². The lowest BCUT2D eigenvalue weighted by molar-refractivity contribution is -0.149. The second kappa shape index (κ2) is 19.1. The molecule has 1 unspecified atom stereocenters. The highest BCUT2D eigenvalue weighted by atomic mass is 31.2. The Bertz CT molecular complexity index is 1650. The number of nitrogens with one attached hydrogen (secondary N) is 1. The number of hydrogen-bond donors (Lipinski definition) is 1. The van der Waals surface area contributed by atoms with Gasteiger partial charge in [0, 0.05) is 35.5 Å². The van der Waals surface area contributed by atoms with Gasteiger partial charge in [0.25, 0.3) is 0 Å². The summed E-state index contributed by atoms with van der Waals surface area (Å²) < 4.78 is 55.9. The van der Waals surface area contributed by atoms with Crippen molar-refractivity contribution in [3.8, 4) is 5.75 Å². The molecule has 0 saturated carbocycles. The Labute approximate surface area is 295 Å². The number of amides is 1. The van der Waals surface area contributed by atoms with Crippen molar-refractivity contribution in [2.75, 3.05) is 25.7 Å². The molecule has 0 bridgehead atoms. The summed E-state index contributed by atoms with van der Waals surface area (Å²) in [5.74, 6) is -1.89. The second-order valence-electron chi connectivity index (χ2n) is 12.2. The van der Waals surface area contributed by atoms with Crippen LogP contribution < -0.4 is 15.4 Å². The van der Waals surface area contributed by atoms with Gasteiger partial charge in [0.15, 0.2) is 0 Å².